The summed E-state index contributed by atoms with van der Waals surface area (Å²) >= 11 is 0. The Hall–Kier alpha value is -0.630. The van der Waals surface area contributed by atoms with Gasteiger partial charge in [-0.1, -0.05) is 6.42 Å². The van der Waals surface area contributed by atoms with E-state index in [0.717, 1.165) is 39.1 Å². The summed E-state index contributed by atoms with van der Waals surface area (Å²) in [5.74, 6) is 0.488. The molecule has 1 fully saturated rings. The van der Waals surface area contributed by atoms with Crippen LogP contribution in [0.5, 0.6) is 0 Å². The predicted octanol–water partition coefficient (Wildman–Crippen LogP) is 1.63. The van der Waals surface area contributed by atoms with Gasteiger partial charge in [-0.3, -0.25) is 0 Å². The quantitative estimate of drug-likeness (QED) is 0.668. The lowest BCUT2D eigenvalue weighted by molar-refractivity contribution is 0.119. The number of hydrogen-bond acceptors (Lipinski definition) is 4. The summed E-state index contributed by atoms with van der Waals surface area (Å²) in [6.07, 6.45) is 4.43. The molecule has 0 aliphatic heterocycles. The van der Waals surface area contributed by atoms with Crippen molar-refractivity contribution in [1.29, 1.82) is 5.26 Å². The van der Waals surface area contributed by atoms with Crippen molar-refractivity contribution in [2.24, 2.45) is 5.92 Å². The Balaban J connectivity index is 2.32. The van der Waals surface area contributed by atoms with Gasteiger partial charge in [0, 0.05) is 13.2 Å². The van der Waals surface area contributed by atoms with Crippen molar-refractivity contribution < 1.29 is 4.74 Å². The summed E-state index contributed by atoms with van der Waals surface area (Å²) in [4.78, 5) is 2.30. The minimum absolute atomic E-state index is 0.277. The van der Waals surface area contributed by atoms with Crippen molar-refractivity contribution in [2.75, 3.05) is 40.4 Å². The molecule has 2 atom stereocenters. The summed E-state index contributed by atoms with van der Waals surface area (Å²) in [5, 5.41) is 12.6. The number of nitrogens with one attached hydrogen (secondary N) is 1. The molecule has 1 N–H and O–H groups in total. The maximum atomic E-state index is 9.38. The molecular weight excluding hydrogens is 226 g/mol. The molecule has 0 aromatic heterocycles. The van der Waals surface area contributed by atoms with Gasteiger partial charge >= 0.3 is 0 Å². The Bertz CT molecular complexity index is 277. The van der Waals surface area contributed by atoms with Crippen LogP contribution in [0, 0.1) is 17.2 Å². The summed E-state index contributed by atoms with van der Waals surface area (Å²) in [7, 11) is 4.04. The minimum atomic E-state index is -0.277. The molecule has 4 heteroatoms. The molecule has 0 aromatic rings. The highest BCUT2D eigenvalue weighted by atomic mass is 16.5. The SMILES string of the molecule is CCOCCN(C)CCC1CCCC1(C#N)NC. The second kappa shape index (κ2) is 7.73. The highest BCUT2D eigenvalue weighted by Crippen LogP contribution is 2.37. The second-order valence-electron chi connectivity index (χ2n) is 5.21. The van der Waals surface area contributed by atoms with Crippen LogP contribution in [0.3, 0.4) is 0 Å². The summed E-state index contributed by atoms with van der Waals surface area (Å²) in [5.41, 5.74) is -0.277. The second-order valence-corrected chi connectivity index (χ2v) is 5.21. The largest absolute Gasteiger partial charge is 0.380 e. The Labute approximate surface area is 111 Å². The molecule has 0 saturated heterocycles. The number of rotatable bonds is 8. The molecule has 0 heterocycles. The summed E-state index contributed by atoms with van der Waals surface area (Å²) < 4.78 is 5.35. The van der Waals surface area contributed by atoms with E-state index >= 15 is 0 Å². The predicted molar refractivity (Wildman–Crippen MR) is 73.4 cm³/mol. The zero-order valence-corrected chi connectivity index (χ0v) is 12.0. The third-order valence-electron chi connectivity index (χ3n) is 4.15. The lowest BCUT2D eigenvalue weighted by atomic mass is 9.86. The molecule has 0 radical (unpaired) electrons. The molecule has 1 rings (SSSR count). The van der Waals surface area contributed by atoms with E-state index in [0.29, 0.717) is 5.92 Å². The Morgan fingerprint density at radius 2 is 2.28 bits per heavy atom. The fraction of sp³-hybridized carbons (Fsp3) is 0.929. The first kappa shape index (κ1) is 15.4. The van der Waals surface area contributed by atoms with Crippen molar-refractivity contribution in [3.8, 4) is 6.07 Å². The molecule has 4 nitrogen and oxygen atoms in total. The van der Waals surface area contributed by atoms with E-state index in [9.17, 15) is 5.26 Å². The molecule has 1 aliphatic rings. The monoisotopic (exact) mass is 253 g/mol. The van der Waals surface area contributed by atoms with Crippen LogP contribution in [0.4, 0.5) is 0 Å². The van der Waals surface area contributed by atoms with E-state index in [1.807, 2.05) is 14.0 Å². The van der Waals surface area contributed by atoms with Gasteiger partial charge in [0.05, 0.1) is 12.7 Å². The number of likely N-dealkylation sites (N-methyl/N-ethyl adjacent to an activating group) is 1. The van der Waals surface area contributed by atoms with Crippen molar-refractivity contribution in [3.05, 3.63) is 0 Å². The number of ether oxygens (including phenoxy) is 1. The van der Waals surface area contributed by atoms with Gasteiger partial charge < -0.3 is 15.0 Å². The van der Waals surface area contributed by atoms with E-state index in [1.165, 1.54) is 12.8 Å². The first-order valence-electron chi connectivity index (χ1n) is 7.05. The van der Waals surface area contributed by atoms with Crippen LogP contribution in [-0.4, -0.2) is 50.8 Å². The fourth-order valence-electron chi connectivity index (χ4n) is 2.85. The fourth-order valence-corrected chi connectivity index (χ4v) is 2.85. The van der Waals surface area contributed by atoms with E-state index < -0.39 is 0 Å². The number of nitriles is 1. The van der Waals surface area contributed by atoms with Gasteiger partial charge in [-0.2, -0.15) is 5.26 Å². The zero-order valence-electron chi connectivity index (χ0n) is 12.0. The van der Waals surface area contributed by atoms with E-state index in [4.69, 9.17) is 4.74 Å². The van der Waals surface area contributed by atoms with Gasteiger partial charge in [0.2, 0.25) is 0 Å². The first-order valence-corrected chi connectivity index (χ1v) is 7.05. The van der Waals surface area contributed by atoms with Gasteiger partial charge in [-0.05, 0) is 52.7 Å². The summed E-state index contributed by atoms with van der Waals surface area (Å²) in [6.45, 7) is 5.62. The molecule has 0 bridgehead atoms. The Morgan fingerprint density at radius 1 is 1.50 bits per heavy atom. The summed E-state index contributed by atoms with van der Waals surface area (Å²) in [6, 6.07) is 2.50. The Kier molecular flexibility index (Phi) is 6.62. The average Bonchev–Trinajstić information content (AvgIpc) is 2.80. The van der Waals surface area contributed by atoms with E-state index in [1.54, 1.807) is 0 Å². The number of hydrogen-bond donors (Lipinski definition) is 1. The highest BCUT2D eigenvalue weighted by Gasteiger charge is 2.41. The topological polar surface area (TPSA) is 48.3 Å². The lowest BCUT2D eigenvalue weighted by Gasteiger charge is -2.29. The van der Waals surface area contributed by atoms with Gasteiger partial charge in [0.15, 0.2) is 0 Å². The van der Waals surface area contributed by atoms with Gasteiger partial charge in [0.25, 0.3) is 0 Å². The minimum Gasteiger partial charge on any atom is -0.380 e. The van der Waals surface area contributed by atoms with Crippen molar-refractivity contribution in [2.45, 2.75) is 38.1 Å². The highest BCUT2D eigenvalue weighted by molar-refractivity contribution is 5.13. The standard InChI is InChI=1S/C14H27N3O/c1-4-18-11-10-17(3)9-7-13-6-5-8-14(13,12-15)16-2/h13,16H,4-11H2,1-3H3. The van der Waals surface area contributed by atoms with Crippen molar-refractivity contribution >= 4 is 0 Å². The first-order chi connectivity index (χ1) is 8.68. The van der Waals surface area contributed by atoms with Crippen LogP contribution in [0.1, 0.15) is 32.6 Å². The van der Waals surface area contributed by atoms with Gasteiger partial charge in [0.1, 0.15) is 5.54 Å². The smallest absolute Gasteiger partial charge is 0.109 e. The van der Waals surface area contributed by atoms with Gasteiger partial charge in [-0.25, -0.2) is 0 Å². The van der Waals surface area contributed by atoms with E-state index in [2.05, 4.69) is 23.3 Å². The van der Waals surface area contributed by atoms with Crippen LogP contribution in [0.2, 0.25) is 0 Å². The average molecular weight is 253 g/mol. The Morgan fingerprint density at radius 3 is 2.89 bits per heavy atom. The lowest BCUT2D eigenvalue weighted by Crippen LogP contribution is -2.45. The molecule has 1 aliphatic carbocycles. The molecule has 2 unspecified atom stereocenters. The van der Waals surface area contributed by atoms with Crippen LogP contribution < -0.4 is 5.32 Å². The molecule has 0 amide bonds. The third-order valence-corrected chi connectivity index (χ3v) is 4.15. The maximum absolute atomic E-state index is 9.38. The van der Waals surface area contributed by atoms with Crippen molar-refractivity contribution in [3.63, 3.8) is 0 Å². The van der Waals surface area contributed by atoms with Crippen LogP contribution in [-0.2, 0) is 4.74 Å². The van der Waals surface area contributed by atoms with Crippen LogP contribution >= 0.6 is 0 Å². The van der Waals surface area contributed by atoms with E-state index in [-0.39, 0.29) is 5.54 Å². The van der Waals surface area contributed by atoms with Crippen LogP contribution in [0.25, 0.3) is 0 Å². The zero-order chi connectivity index (χ0) is 13.4. The molecule has 0 spiro atoms. The van der Waals surface area contributed by atoms with Crippen LogP contribution in [0.15, 0.2) is 0 Å². The molecular formula is C14H27N3O. The van der Waals surface area contributed by atoms with Crippen molar-refractivity contribution in [1.82, 2.24) is 10.2 Å². The van der Waals surface area contributed by atoms with Gasteiger partial charge in [-0.15, -0.1) is 0 Å². The maximum Gasteiger partial charge on any atom is 0.109 e. The number of nitrogens with zero attached hydrogens (tertiary/aromatic N) is 2. The molecule has 18 heavy (non-hydrogen) atoms. The molecule has 1 saturated carbocycles. The molecule has 104 valence electrons. The third kappa shape index (κ3) is 3.94. The normalized spacial score (nSPS) is 27.6. The molecule has 0 aromatic carbocycles.